The standard InChI is InChI=1S/C5H12N2O2/c6-3-1-2-4(7)5(8)9/h4H,1-3,6-7H2,(H,8,9)/t4-/m0/s1/i4D. The van der Waals surface area contributed by atoms with Crippen molar-refractivity contribution in [2.24, 2.45) is 11.5 Å². The summed E-state index contributed by atoms with van der Waals surface area (Å²) in [6, 6.07) is -1.86. The smallest absolute Gasteiger partial charge is 0.320 e. The van der Waals surface area contributed by atoms with E-state index >= 15 is 0 Å². The minimum absolute atomic E-state index is 0.0961. The van der Waals surface area contributed by atoms with E-state index in [1.807, 2.05) is 0 Å². The minimum Gasteiger partial charge on any atom is -0.480 e. The first kappa shape index (κ1) is 6.51. The van der Waals surface area contributed by atoms with Crippen LogP contribution in [0, 0.1) is 0 Å². The van der Waals surface area contributed by atoms with Gasteiger partial charge in [0.2, 0.25) is 0 Å². The van der Waals surface area contributed by atoms with Gasteiger partial charge in [-0.25, -0.2) is 0 Å². The first-order valence-corrected chi connectivity index (χ1v) is 2.73. The van der Waals surface area contributed by atoms with Gasteiger partial charge in [-0.1, -0.05) is 0 Å². The van der Waals surface area contributed by atoms with Crippen LogP contribution in [0.3, 0.4) is 0 Å². The quantitative estimate of drug-likeness (QED) is 0.465. The zero-order valence-electron chi connectivity index (χ0n) is 6.13. The second-order valence-electron chi connectivity index (χ2n) is 1.72. The van der Waals surface area contributed by atoms with E-state index in [1.54, 1.807) is 0 Å². The van der Waals surface area contributed by atoms with E-state index < -0.39 is 12.0 Å². The molecule has 1 atom stereocenters. The van der Waals surface area contributed by atoms with E-state index in [9.17, 15) is 4.79 Å². The van der Waals surface area contributed by atoms with Crippen LogP contribution >= 0.6 is 0 Å². The van der Waals surface area contributed by atoms with Gasteiger partial charge in [-0.15, -0.1) is 0 Å². The minimum atomic E-state index is -1.86. The fraction of sp³-hybridized carbons (Fsp3) is 0.800. The Bertz CT molecular complexity index is 127. The Kier molecular flexibility index (Phi) is 3.10. The van der Waals surface area contributed by atoms with Gasteiger partial charge in [-0.05, 0) is 19.4 Å². The van der Waals surface area contributed by atoms with Crippen LogP contribution in [0.5, 0.6) is 0 Å². The van der Waals surface area contributed by atoms with Gasteiger partial charge in [0.25, 0.3) is 0 Å². The lowest BCUT2D eigenvalue weighted by Crippen LogP contribution is -2.30. The maximum Gasteiger partial charge on any atom is 0.320 e. The molecule has 0 aromatic carbocycles. The fourth-order valence-electron chi connectivity index (χ4n) is 0.399. The molecule has 0 aliphatic rings. The lowest BCUT2D eigenvalue weighted by Gasteiger charge is -2.02. The molecule has 0 spiro atoms. The highest BCUT2D eigenvalue weighted by molar-refractivity contribution is 5.72. The molecular formula is C5H12N2O2. The Morgan fingerprint density at radius 1 is 1.89 bits per heavy atom. The predicted molar refractivity (Wildman–Crippen MR) is 33.9 cm³/mol. The van der Waals surface area contributed by atoms with Crippen LogP contribution in [-0.2, 0) is 4.79 Å². The maximum absolute atomic E-state index is 10.2. The molecule has 9 heavy (non-hydrogen) atoms. The summed E-state index contributed by atoms with van der Waals surface area (Å²) < 4.78 is 7.01. The molecule has 0 amide bonds. The predicted octanol–water partition coefficient (Wildman–Crippen LogP) is -0.863. The van der Waals surface area contributed by atoms with Crippen LogP contribution in [0.1, 0.15) is 14.2 Å². The van der Waals surface area contributed by atoms with Gasteiger partial charge >= 0.3 is 5.97 Å². The Hall–Kier alpha value is -0.610. The third kappa shape index (κ3) is 3.93. The van der Waals surface area contributed by atoms with Gasteiger partial charge < -0.3 is 16.6 Å². The number of carbonyl (C=O) groups is 1. The first-order chi connectivity index (χ1) is 4.50. The van der Waals surface area contributed by atoms with Crippen molar-refractivity contribution in [2.75, 3.05) is 6.54 Å². The van der Waals surface area contributed by atoms with Gasteiger partial charge in [-0.3, -0.25) is 4.79 Å². The first-order valence-electron chi connectivity index (χ1n) is 3.23. The van der Waals surface area contributed by atoms with Crippen molar-refractivity contribution < 1.29 is 11.3 Å². The lowest BCUT2D eigenvalue weighted by atomic mass is 10.2. The second-order valence-corrected chi connectivity index (χ2v) is 1.72. The summed E-state index contributed by atoms with van der Waals surface area (Å²) in [5.41, 5.74) is 10.2. The van der Waals surface area contributed by atoms with Crippen molar-refractivity contribution in [1.82, 2.24) is 0 Å². The molecule has 0 aromatic rings. The van der Waals surface area contributed by atoms with Gasteiger partial charge in [0.05, 0.1) is 1.37 Å². The molecule has 0 rings (SSSR count). The number of rotatable bonds is 4. The van der Waals surface area contributed by atoms with Crippen molar-refractivity contribution in [2.45, 2.75) is 18.9 Å². The summed E-state index contributed by atoms with van der Waals surface area (Å²) in [6.07, 6.45) is 0.561. The highest BCUT2D eigenvalue weighted by atomic mass is 16.4. The number of hydrogen-bond acceptors (Lipinski definition) is 3. The van der Waals surface area contributed by atoms with Crippen LogP contribution in [0.25, 0.3) is 0 Å². The summed E-state index contributed by atoms with van der Waals surface area (Å²) in [4.78, 5) is 10.2. The molecule has 0 unspecified atom stereocenters. The third-order valence-electron chi connectivity index (χ3n) is 0.925. The molecular weight excluding hydrogens is 120 g/mol. The van der Waals surface area contributed by atoms with Crippen molar-refractivity contribution in [3.8, 4) is 0 Å². The fourth-order valence-corrected chi connectivity index (χ4v) is 0.399. The highest BCUT2D eigenvalue weighted by Gasteiger charge is 2.08. The van der Waals surface area contributed by atoms with Gasteiger partial charge in [-0.2, -0.15) is 0 Å². The molecule has 0 saturated heterocycles. The van der Waals surface area contributed by atoms with Crippen molar-refractivity contribution >= 4 is 5.97 Å². The van der Waals surface area contributed by atoms with Crippen molar-refractivity contribution in [1.29, 1.82) is 0 Å². The van der Waals surface area contributed by atoms with Gasteiger partial charge in [0, 0.05) is 0 Å². The van der Waals surface area contributed by atoms with Gasteiger partial charge in [0.15, 0.2) is 0 Å². The summed E-state index contributed by atoms with van der Waals surface area (Å²) in [7, 11) is 0. The summed E-state index contributed by atoms with van der Waals surface area (Å²) in [5, 5.41) is 8.31. The third-order valence-corrected chi connectivity index (χ3v) is 0.925. The molecule has 0 radical (unpaired) electrons. The molecule has 0 aromatic heterocycles. The van der Waals surface area contributed by atoms with Crippen molar-refractivity contribution in [3.05, 3.63) is 0 Å². The summed E-state index contributed by atoms with van der Waals surface area (Å²) in [5.74, 6) is -1.30. The van der Waals surface area contributed by atoms with E-state index in [0.29, 0.717) is 13.0 Å². The largest absolute Gasteiger partial charge is 0.480 e. The van der Waals surface area contributed by atoms with E-state index in [2.05, 4.69) is 0 Å². The lowest BCUT2D eigenvalue weighted by molar-refractivity contribution is -0.138. The Labute approximate surface area is 55.2 Å². The monoisotopic (exact) mass is 133 g/mol. The van der Waals surface area contributed by atoms with E-state index in [4.69, 9.17) is 17.9 Å². The number of aliphatic carboxylic acids is 1. The number of carboxylic acids is 1. The summed E-state index contributed by atoms with van der Waals surface area (Å²) in [6.45, 7) is 0.366. The van der Waals surface area contributed by atoms with Crippen molar-refractivity contribution in [3.63, 3.8) is 0 Å². The summed E-state index contributed by atoms with van der Waals surface area (Å²) >= 11 is 0. The molecule has 0 heterocycles. The Morgan fingerprint density at radius 2 is 2.44 bits per heavy atom. The number of hydrogen-bond donors (Lipinski definition) is 3. The molecule has 0 saturated carbocycles. The molecule has 0 aliphatic heterocycles. The van der Waals surface area contributed by atoms with E-state index in [0.717, 1.165) is 0 Å². The number of carboxylic acid groups (broad SMARTS) is 1. The molecule has 4 nitrogen and oxygen atoms in total. The molecule has 0 bridgehead atoms. The van der Waals surface area contributed by atoms with Crippen LogP contribution in [0.2, 0.25) is 0 Å². The number of nitrogens with two attached hydrogens (primary N) is 2. The molecule has 0 fully saturated rings. The second kappa shape index (κ2) is 4.29. The zero-order valence-corrected chi connectivity index (χ0v) is 5.13. The molecule has 0 aliphatic carbocycles. The topological polar surface area (TPSA) is 89.3 Å². The molecule has 54 valence electrons. The van der Waals surface area contributed by atoms with Crippen LogP contribution in [0.4, 0.5) is 0 Å². The SMILES string of the molecule is [2H][C@](N)(CCCN)C(=O)O. The Balaban J connectivity index is 3.75. The average molecular weight is 133 g/mol. The average Bonchev–Trinajstić information content (AvgIpc) is 1.84. The van der Waals surface area contributed by atoms with Crippen LogP contribution < -0.4 is 11.5 Å². The van der Waals surface area contributed by atoms with Crippen LogP contribution in [0.15, 0.2) is 0 Å². The highest BCUT2D eigenvalue weighted by Crippen LogP contribution is 1.91. The Morgan fingerprint density at radius 3 is 2.78 bits per heavy atom. The van der Waals surface area contributed by atoms with E-state index in [-0.39, 0.29) is 6.42 Å². The normalized spacial score (nSPS) is 18.2. The van der Waals surface area contributed by atoms with Gasteiger partial charge in [0.1, 0.15) is 6.02 Å². The van der Waals surface area contributed by atoms with E-state index in [1.165, 1.54) is 0 Å². The molecule has 5 N–H and O–H groups in total. The maximum atomic E-state index is 10.2. The zero-order chi connectivity index (χ0) is 8.20. The molecule has 4 heteroatoms. The van der Waals surface area contributed by atoms with Crippen LogP contribution in [-0.4, -0.2) is 23.6 Å².